The molecule has 2 aromatic rings. The average molecular weight is 389 g/mol. The van der Waals surface area contributed by atoms with E-state index in [1.807, 2.05) is 31.2 Å². The summed E-state index contributed by atoms with van der Waals surface area (Å²) >= 11 is 0. The number of carbonyl (C=O) groups excluding carboxylic acids is 1. The van der Waals surface area contributed by atoms with E-state index in [1.165, 1.54) is 17.0 Å². The Hall–Kier alpha value is -2.74. The van der Waals surface area contributed by atoms with E-state index in [9.17, 15) is 13.2 Å². The molecule has 0 aromatic heterocycles. The molecule has 0 spiro atoms. The second-order valence-electron chi connectivity index (χ2n) is 6.40. The van der Waals surface area contributed by atoms with Crippen LogP contribution in [0.5, 0.6) is 5.75 Å². The van der Waals surface area contributed by atoms with Gasteiger partial charge >= 0.3 is 6.03 Å². The highest BCUT2D eigenvalue weighted by atomic mass is 32.2. The van der Waals surface area contributed by atoms with E-state index in [-0.39, 0.29) is 4.90 Å². The van der Waals surface area contributed by atoms with Gasteiger partial charge in [0.05, 0.1) is 12.0 Å². The number of amides is 2. The molecule has 144 valence electrons. The first-order chi connectivity index (χ1) is 12.9. The van der Waals surface area contributed by atoms with Crippen LogP contribution in [0.15, 0.2) is 53.4 Å². The Balaban J connectivity index is 1.60. The molecule has 0 atom stereocenters. The number of anilines is 1. The van der Waals surface area contributed by atoms with Crippen molar-refractivity contribution in [2.24, 2.45) is 0 Å². The summed E-state index contributed by atoms with van der Waals surface area (Å²) in [5.74, 6) is 0.775. The predicted octanol–water partition coefficient (Wildman–Crippen LogP) is 2.22. The molecule has 2 amide bonds. The molecule has 1 fully saturated rings. The van der Waals surface area contributed by atoms with Crippen LogP contribution >= 0.6 is 0 Å². The van der Waals surface area contributed by atoms with Crippen LogP contribution in [0.3, 0.4) is 0 Å². The first-order valence-electron chi connectivity index (χ1n) is 8.66. The van der Waals surface area contributed by atoms with Crippen LogP contribution in [0.25, 0.3) is 0 Å². The van der Waals surface area contributed by atoms with E-state index in [0.717, 1.165) is 17.0 Å². The number of piperazine rings is 1. The molecule has 1 saturated heterocycles. The standard InChI is InChI=1S/C19H23N3O4S/c1-15-6-8-18(9-7-15)27(24,25)20-19(23)22-12-10-21(11-13-22)16-4-3-5-17(14-16)26-2/h3-9,14H,10-13H2,1-2H3,(H,20,23). The first kappa shape index (κ1) is 19.0. The van der Waals surface area contributed by atoms with Crippen molar-refractivity contribution in [2.75, 3.05) is 38.2 Å². The summed E-state index contributed by atoms with van der Waals surface area (Å²) in [7, 11) is -2.25. The van der Waals surface area contributed by atoms with E-state index in [2.05, 4.69) is 9.62 Å². The molecule has 27 heavy (non-hydrogen) atoms. The number of ether oxygens (including phenoxy) is 1. The van der Waals surface area contributed by atoms with Gasteiger partial charge in [0.25, 0.3) is 10.0 Å². The molecule has 0 bridgehead atoms. The Morgan fingerprint density at radius 1 is 1.04 bits per heavy atom. The third-order valence-electron chi connectivity index (χ3n) is 4.54. The zero-order chi connectivity index (χ0) is 19.4. The summed E-state index contributed by atoms with van der Waals surface area (Å²) < 4.78 is 32.1. The topological polar surface area (TPSA) is 79.0 Å². The van der Waals surface area contributed by atoms with E-state index < -0.39 is 16.1 Å². The number of sulfonamides is 1. The number of rotatable bonds is 4. The van der Waals surface area contributed by atoms with Crippen LogP contribution in [-0.4, -0.2) is 52.6 Å². The van der Waals surface area contributed by atoms with Crippen LogP contribution in [0.2, 0.25) is 0 Å². The molecule has 1 N–H and O–H groups in total. The molecule has 1 aliphatic heterocycles. The summed E-state index contributed by atoms with van der Waals surface area (Å²) in [6.45, 7) is 3.98. The third-order valence-corrected chi connectivity index (χ3v) is 5.87. The van der Waals surface area contributed by atoms with Gasteiger partial charge in [0, 0.05) is 37.9 Å². The number of hydrogen-bond donors (Lipinski definition) is 1. The minimum absolute atomic E-state index is 0.0801. The zero-order valence-electron chi connectivity index (χ0n) is 15.4. The van der Waals surface area contributed by atoms with Crippen molar-refractivity contribution in [3.05, 3.63) is 54.1 Å². The van der Waals surface area contributed by atoms with Gasteiger partial charge in [-0.15, -0.1) is 0 Å². The molecule has 0 saturated carbocycles. The quantitative estimate of drug-likeness (QED) is 0.868. The van der Waals surface area contributed by atoms with Gasteiger partial charge in [-0.25, -0.2) is 17.9 Å². The number of aryl methyl sites for hydroxylation is 1. The Bertz CT molecular complexity index is 905. The van der Waals surface area contributed by atoms with Gasteiger partial charge < -0.3 is 14.5 Å². The van der Waals surface area contributed by atoms with Gasteiger partial charge in [-0.05, 0) is 31.2 Å². The number of carbonyl (C=O) groups is 1. The van der Waals surface area contributed by atoms with Crippen molar-refractivity contribution in [1.29, 1.82) is 0 Å². The maximum Gasteiger partial charge on any atom is 0.331 e. The van der Waals surface area contributed by atoms with Gasteiger partial charge in [-0.2, -0.15) is 0 Å². The van der Waals surface area contributed by atoms with Crippen molar-refractivity contribution < 1.29 is 17.9 Å². The van der Waals surface area contributed by atoms with E-state index in [1.54, 1.807) is 19.2 Å². The Morgan fingerprint density at radius 3 is 2.33 bits per heavy atom. The molecule has 8 heteroatoms. The zero-order valence-corrected chi connectivity index (χ0v) is 16.2. The van der Waals surface area contributed by atoms with E-state index >= 15 is 0 Å². The summed E-state index contributed by atoms with van der Waals surface area (Å²) in [6.07, 6.45) is 0. The van der Waals surface area contributed by atoms with Crippen molar-refractivity contribution in [3.8, 4) is 5.75 Å². The van der Waals surface area contributed by atoms with E-state index in [4.69, 9.17) is 4.74 Å². The summed E-state index contributed by atoms with van der Waals surface area (Å²) in [5, 5.41) is 0. The lowest BCUT2D eigenvalue weighted by Gasteiger charge is -2.36. The highest BCUT2D eigenvalue weighted by Gasteiger charge is 2.25. The number of urea groups is 1. The SMILES string of the molecule is COc1cccc(N2CCN(C(=O)NS(=O)(=O)c3ccc(C)cc3)CC2)c1. The Morgan fingerprint density at radius 2 is 1.70 bits per heavy atom. The monoisotopic (exact) mass is 389 g/mol. The minimum Gasteiger partial charge on any atom is -0.497 e. The first-order valence-corrected chi connectivity index (χ1v) is 10.1. The fraction of sp³-hybridized carbons (Fsp3) is 0.316. The molecular formula is C19H23N3O4S. The van der Waals surface area contributed by atoms with Gasteiger partial charge in [0.2, 0.25) is 0 Å². The fourth-order valence-corrected chi connectivity index (χ4v) is 3.90. The highest BCUT2D eigenvalue weighted by Crippen LogP contribution is 2.22. The van der Waals surface area contributed by atoms with Crippen LogP contribution < -0.4 is 14.4 Å². The Kier molecular flexibility index (Phi) is 5.55. The Labute approximate surface area is 159 Å². The lowest BCUT2D eigenvalue weighted by Crippen LogP contribution is -2.52. The summed E-state index contributed by atoms with van der Waals surface area (Å²) in [5.41, 5.74) is 1.97. The molecule has 1 aliphatic rings. The number of nitrogens with one attached hydrogen (secondary N) is 1. The molecular weight excluding hydrogens is 366 g/mol. The smallest absolute Gasteiger partial charge is 0.331 e. The lowest BCUT2D eigenvalue weighted by molar-refractivity contribution is 0.200. The second-order valence-corrected chi connectivity index (χ2v) is 8.08. The summed E-state index contributed by atoms with van der Waals surface area (Å²) in [6, 6.07) is 13.5. The minimum atomic E-state index is -3.87. The van der Waals surface area contributed by atoms with Gasteiger partial charge in [0.15, 0.2) is 0 Å². The van der Waals surface area contributed by atoms with Crippen molar-refractivity contribution >= 4 is 21.7 Å². The highest BCUT2D eigenvalue weighted by molar-refractivity contribution is 7.90. The maximum absolute atomic E-state index is 12.4. The number of benzene rings is 2. The molecule has 1 heterocycles. The normalized spacial score (nSPS) is 14.7. The molecule has 3 rings (SSSR count). The number of methoxy groups -OCH3 is 1. The number of nitrogens with zero attached hydrogens (tertiary/aromatic N) is 2. The largest absolute Gasteiger partial charge is 0.497 e. The molecule has 7 nitrogen and oxygen atoms in total. The second kappa shape index (κ2) is 7.87. The lowest BCUT2D eigenvalue weighted by atomic mass is 10.2. The van der Waals surface area contributed by atoms with Crippen molar-refractivity contribution in [2.45, 2.75) is 11.8 Å². The predicted molar refractivity (Wildman–Crippen MR) is 104 cm³/mol. The van der Waals surface area contributed by atoms with Crippen LogP contribution in [0.1, 0.15) is 5.56 Å². The van der Waals surface area contributed by atoms with Gasteiger partial charge in [0.1, 0.15) is 5.75 Å². The number of hydrogen-bond acceptors (Lipinski definition) is 5. The van der Waals surface area contributed by atoms with E-state index in [0.29, 0.717) is 26.2 Å². The van der Waals surface area contributed by atoms with Crippen molar-refractivity contribution in [3.63, 3.8) is 0 Å². The van der Waals surface area contributed by atoms with Crippen LogP contribution in [0, 0.1) is 6.92 Å². The van der Waals surface area contributed by atoms with Crippen LogP contribution in [0.4, 0.5) is 10.5 Å². The van der Waals surface area contributed by atoms with Crippen LogP contribution in [-0.2, 0) is 10.0 Å². The molecule has 0 aliphatic carbocycles. The molecule has 2 aromatic carbocycles. The van der Waals surface area contributed by atoms with Gasteiger partial charge in [-0.1, -0.05) is 23.8 Å². The molecule has 0 radical (unpaired) electrons. The maximum atomic E-state index is 12.4. The average Bonchev–Trinajstić information content (AvgIpc) is 2.68. The summed E-state index contributed by atoms with van der Waals surface area (Å²) in [4.78, 5) is 16.1. The van der Waals surface area contributed by atoms with Crippen molar-refractivity contribution in [1.82, 2.24) is 9.62 Å². The third kappa shape index (κ3) is 4.51. The van der Waals surface area contributed by atoms with Gasteiger partial charge in [-0.3, -0.25) is 0 Å². The fourth-order valence-electron chi connectivity index (χ4n) is 2.93. The molecule has 0 unspecified atom stereocenters.